The zero-order valence-electron chi connectivity index (χ0n) is 17.9. The molecule has 0 amide bonds. The smallest absolute Gasteiger partial charge is 0.200 e. The van der Waals surface area contributed by atoms with Crippen molar-refractivity contribution >= 4 is 11.6 Å². The van der Waals surface area contributed by atoms with Crippen LogP contribution >= 0.6 is 0 Å². The van der Waals surface area contributed by atoms with E-state index in [4.69, 9.17) is 9.47 Å². The minimum absolute atomic E-state index is 0.0123. The molecule has 3 rings (SSSR count). The van der Waals surface area contributed by atoms with Crippen molar-refractivity contribution in [3.05, 3.63) is 83.9 Å². The summed E-state index contributed by atoms with van der Waals surface area (Å²) in [6, 6.07) is 14.7. The first-order valence-electron chi connectivity index (χ1n) is 9.95. The van der Waals surface area contributed by atoms with Crippen LogP contribution in [0.15, 0.2) is 67.3 Å². The van der Waals surface area contributed by atoms with E-state index in [1.165, 1.54) is 44.6 Å². The van der Waals surface area contributed by atoms with Gasteiger partial charge in [-0.25, -0.2) is 0 Å². The van der Waals surface area contributed by atoms with Crippen LogP contribution in [-0.4, -0.2) is 36.0 Å². The lowest BCUT2D eigenvalue weighted by molar-refractivity contribution is -0.114. The fourth-order valence-electron chi connectivity index (χ4n) is 3.47. The average molecular weight is 432 g/mol. The molecule has 164 valence electrons. The second-order valence-corrected chi connectivity index (χ2v) is 7.11. The SMILES string of the molecule is C=CC(=O)CCc1ccccc1-c1cc(C(=O)c2ccc(OC)cc2O)c(O)cc1OC. The number of ketones is 2. The molecule has 0 fully saturated rings. The summed E-state index contributed by atoms with van der Waals surface area (Å²) < 4.78 is 10.5. The first kappa shape index (κ1) is 22.6. The Morgan fingerprint density at radius 2 is 1.62 bits per heavy atom. The average Bonchev–Trinajstić information content (AvgIpc) is 2.81. The van der Waals surface area contributed by atoms with Gasteiger partial charge in [0.05, 0.1) is 25.3 Å². The molecular weight excluding hydrogens is 408 g/mol. The number of hydrogen-bond acceptors (Lipinski definition) is 6. The van der Waals surface area contributed by atoms with Crippen LogP contribution in [0, 0.1) is 0 Å². The van der Waals surface area contributed by atoms with E-state index in [2.05, 4.69) is 6.58 Å². The van der Waals surface area contributed by atoms with Crippen LogP contribution in [0.5, 0.6) is 23.0 Å². The highest BCUT2D eigenvalue weighted by atomic mass is 16.5. The molecule has 0 saturated heterocycles. The summed E-state index contributed by atoms with van der Waals surface area (Å²) in [4.78, 5) is 24.9. The summed E-state index contributed by atoms with van der Waals surface area (Å²) in [5.74, 6) is -0.365. The summed E-state index contributed by atoms with van der Waals surface area (Å²) in [7, 11) is 2.93. The summed E-state index contributed by atoms with van der Waals surface area (Å²) in [5, 5.41) is 20.8. The number of phenols is 2. The number of rotatable bonds is 9. The summed E-state index contributed by atoms with van der Waals surface area (Å²) in [6.45, 7) is 3.51. The molecule has 2 N–H and O–H groups in total. The second kappa shape index (κ2) is 9.83. The van der Waals surface area contributed by atoms with Gasteiger partial charge < -0.3 is 19.7 Å². The van der Waals surface area contributed by atoms with Gasteiger partial charge in [0.2, 0.25) is 0 Å². The van der Waals surface area contributed by atoms with Crippen molar-refractivity contribution in [2.45, 2.75) is 12.8 Å². The van der Waals surface area contributed by atoms with Crippen LogP contribution in [0.4, 0.5) is 0 Å². The number of ether oxygens (including phenoxy) is 2. The van der Waals surface area contributed by atoms with Gasteiger partial charge in [-0.3, -0.25) is 9.59 Å². The van der Waals surface area contributed by atoms with Gasteiger partial charge in [-0.05, 0) is 41.8 Å². The molecule has 0 bridgehead atoms. The predicted molar refractivity (Wildman–Crippen MR) is 122 cm³/mol. The lowest BCUT2D eigenvalue weighted by atomic mass is 9.92. The van der Waals surface area contributed by atoms with Gasteiger partial charge in [0, 0.05) is 24.1 Å². The van der Waals surface area contributed by atoms with Crippen molar-refractivity contribution < 1.29 is 29.3 Å². The zero-order valence-corrected chi connectivity index (χ0v) is 17.9. The first-order valence-corrected chi connectivity index (χ1v) is 9.95. The molecule has 0 atom stereocenters. The molecule has 0 aliphatic rings. The summed E-state index contributed by atoms with van der Waals surface area (Å²) >= 11 is 0. The van der Waals surface area contributed by atoms with Crippen molar-refractivity contribution in [1.29, 1.82) is 0 Å². The maximum atomic E-state index is 13.2. The van der Waals surface area contributed by atoms with E-state index in [-0.39, 0.29) is 28.4 Å². The third kappa shape index (κ3) is 4.64. The third-order valence-corrected chi connectivity index (χ3v) is 5.19. The predicted octanol–water partition coefficient (Wildman–Crippen LogP) is 4.70. The zero-order chi connectivity index (χ0) is 23.3. The summed E-state index contributed by atoms with van der Waals surface area (Å²) in [5.41, 5.74) is 2.29. The molecule has 0 heterocycles. The molecule has 0 aromatic heterocycles. The van der Waals surface area contributed by atoms with Gasteiger partial charge in [-0.2, -0.15) is 0 Å². The number of carbonyl (C=O) groups excluding carboxylic acids is 2. The van der Waals surface area contributed by atoms with E-state index in [1.54, 1.807) is 6.07 Å². The Morgan fingerprint density at radius 3 is 2.28 bits per heavy atom. The highest BCUT2D eigenvalue weighted by molar-refractivity contribution is 6.13. The van der Waals surface area contributed by atoms with Crippen molar-refractivity contribution in [2.75, 3.05) is 14.2 Å². The molecule has 3 aromatic carbocycles. The molecular formula is C26H24O6. The molecule has 3 aromatic rings. The lowest BCUT2D eigenvalue weighted by Crippen LogP contribution is -2.04. The van der Waals surface area contributed by atoms with E-state index in [9.17, 15) is 19.8 Å². The van der Waals surface area contributed by atoms with Crippen LogP contribution in [0.25, 0.3) is 11.1 Å². The van der Waals surface area contributed by atoms with Gasteiger partial charge in [-0.15, -0.1) is 0 Å². The number of aromatic hydroxyl groups is 2. The number of carbonyl (C=O) groups is 2. The maximum Gasteiger partial charge on any atom is 0.200 e. The minimum Gasteiger partial charge on any atom is -0.507 e. The van der Waals surface area contributed by atoms with Gasteiger partial charge in [0.15, 0.2) is 11.6 Å². The van der Waals surface area contributed by atoms with Crippen LogP contribution in [-0.2, 0) is 11.2 Å². The van der Waals surface area contributed by atoms with Crippen molar-refractivity contribution in [2.24, 2.45) is 0 Å². The molecule has 0 radical (unpaired) electrons. The highest BCUT2D eigenvalue weighted by Crippen LogP contribution is 2.39. The number of benzene rings is 3. The number of hydrogen-bond donors (Lipinski definition) is 2. The van der Waals surface area contributed by atoms with E-state index in [1.807, 2.05) is 24.3 Å². The molecule has 0 spiro atoms. The van der Waals surface area contributed by atoms with Crippen LogP contribution in [0.2, 0.25) is 0 Å². The molecule has 6 nitrogen and oxygen atoms in total. The normalized spacial score (nSPS) is 10.4. The van der Waals surface area contributed by atoms with E-state index in [0.717, 1.165) is 11.1 Å². The Labute approximate surface area is 186 Å². The quantitative estimate of drug-likeness (QED) is 0.376. The van der Waals surface area contributed by atoms with Gasteiger partial charge in [0.1, 0.15) is 23.0 Å². The fraction of sp³-hybridized carbons (Fsp3) is 0.154. The standard InChI is InChI=1S/C26H24O6/c1-4-17(27)10-9-16-7-5-6-8-19(16)21-14-22(24(29)15-25(21)32-3)26(30)20-12-11-18(31-2)13-23(20)28/h4-8,11-15,28-29H,1,9-10H2,2-3H3. The van der Waals surface area contributed by atoms with Crippen molar-refractivity contribution in [3.63, 3.8) is 0 Å². The second-order valence-electron chi connectivity index (χ2n) is 7.11. The third-order valence-electron chi connectivity index (χ3n) is 5.19. The van der Waals surface area contributed by atoms with Gasteiger partial charge in [-0.1, -0.05) is 30.8 Å². The lowest BCUT2D eigenvalue weighted by Gasteiger charge is -2.16. The number of methoxy groups -OCH3 is 2. The van der Waals surface area contributed by atoms with Crippen molar-refractivity contribution in [1.82, 2.24) is 0 Å². The van der Waals surface area contributed by atoms with Crippen LogP contribution in [0.1, 0.15) is 27.9 Å². The Morgan fingerprint density at radius 1 is 0.906 bits per heavy atom. The fourth-order valence-corrected chi connectivity index (χ4v) is 3.47. The Balaban J connectivity index is 2.10. The van der Waals surface area contributed by atoms with Crippen LogP contribution in [0.3, 0.4) is 0 Å². The van der Waals surface area contributed by atoms with Gasteiger partial charge in [0.25, 0.3) is 0 Å². The monoisotopic (exact) mass is 432 g/mol. The number of allylic oxidation sites excluding steroid dienone is 1. The number of phenolic OH excluding ortho intramolecular Hbond substituents is 2. The molecule has 0 saturated carbocycles. The molecule has 0 aliphatic heterocycles. The number of aryl methyl sites for hydroxylation is 1. The molecule has 0 unspecified atom stereocenters. The van der Waals surface area contributed by atoms with Crippen molar-refractivity contribution in [3.8, 4) is 34.1 Å². The summed E-state index contributed by atoms with van der Waals surface area (Å²) in [6.07, 6.45) is 2.07. The first-order chi connectivity index (χ1) is 15.4. The van der Waals surface area contributed by atoms with E-state index in [0.29, 0.717) is 29.9 Å². The molecule has 0 aliphatic carbocycles. The van der Waals surface area contributed by atoms with Gasteiger partial charge >= 0.3 is 0 Å². The van der Waals surface area contributed by atoms with Crippen LogP contribution < -0.4 is 9.47 Å². The largest absolute Gasteiger partial charge is 0.507 e. The van der Waals surface area contributed by atoms with E-state index < -0.39 is 5.78 Å². The maximum absolute atomic E-state index is 13.2. The topological polar surface area (TPSA) is 93.1 Å². The Hall–Kier alpha value is -4.06. The van der Waals surface area contributed by atoms with E-state index >= 15 is 0 Å². The minimum atomic E-state index is -0.550. The molecule has 32 heavy (non-hydrogen) atoms. The Bertz CT molecular complexity index is 1180. The highest BCUT2D eigenvalue weighted by Gasteiger charge is 2.22. The molecule has 6 heteroatoms. The Kier molecular flexibility index (Phi) is 6.95.